The summed E-state index contributed by atoms with van der Waals surface area (Å²) in [6.07, 6.45) is 4.13. The van der Waals surface area contributed by atoms with Crippen LogP contribution in [0.5, 0.6) is 5.75 Å². The van der Waals surface area contributed by atoms with E-state index >= 15 is 0 Å². The molecule has 5 nitrogen and oxygen atoms in total. The predicted octanol–water partition coefficient (Wildman–Crippen LogP) is 2.31. The molecule has 0 spiro atoms. The lowest BCUT2D eigenvalue weighted by atomic mass is 9.94. The maximum atomic E-state index is 12.1. The van der Waals surface area contributed by atoms with Gasteiger partial charge in [0.05, 0.1) is 25.7 Å². The molecule has 2 aromatic rings. The zero-order chi connectivity index (χ0) is 18.8. The second kappa shape index (κ2) is 10.2. The Morgan fingerprint density at radius 3 is 2.58 bits per heavy atom. The number of nitrogens with one attached hydrogen (secondary N) is 1. The number of aliphatic hydroxyl groups excluding tert-OH is 1. The number of ether oxygens (including phenoxy) is 2. The molecule has 0 fully saturated rings. The molecule has 136 valence electrons. The Balaban J connectivity index is 2.16. The van der Waals surface area contributed by atoms with Gasteiger partial charge in [-0.1, -0.05) is 54.5 Å². The summed E-state index contributed by atoms with van der Waals surface area (Å²) in [6, 6.07) is 16.8. The maximum absolute atomic E-state index is 12.1. The fourth-order valence-electron chi connectivity index (χ4n) is 2.58. The van der Waals surface area contributed by atoms with Crippen molar-refractivity contribution in [2.45, 2.75) is 12.7 Å². The Labute approximate surface area is 154 Å². The fraction of sp³-hybridized carbons (Fsp3) is 0.286. The SMILES string of the molecule is C#CCNCC(C(=O)OC)C(O)c1ccccc1OCc1ccccc1. The van der Waals surface area contributed by atoms with Crippen molar-refractivity contribution >= 4 is 5.97 Å². The second-order valence-electron chi connectivity index (χ2n) is 5.72. The quantitative estimate of drug-likeness (QED) is 0.411. The van der Waals surface area contributed by atoms with Gasteiger partial charge in [-0.25, -0.2) is 0 Å². The number of esters is 1. The van der Waals surface area contributed by atoms with Gasteiger partial charge in [0, 0.05) is 12.1 Å². The highest BCUT2D eigenvalue weighted by atomic mass is 16.5. The molecule has 0 radical (unpaired) electrons. The number of benzene rings is 2. The molecule has 0 heterocycles. The molecule has 0 amide bonds. The minimum Gasteiger partial charge on any atom is -0.489 e. The first-order valence-corrected chi connectivity index (χ1v) is 8.33. The van der Waals surface area contributed by atoms with Crippen molar-refractivity contribution in [1.29, 1.82) is 0 Å². The van der Waals surface area contributed by atoms with Crippen molar-refractivity contribution < 1.29 is 19.4 Å². The number of aliphatic hydroxyl groups is 1. The fourth-order valence-corrected chi connectivity index (χ4v) is 2.58. The van der Waals surface area contributed by atoms with Crippen molar-refractivity contribution in [3.8, 4) is 18.1 Å². The lowest BCUT2D eigenvalue weighted by Gasteiger charge is -2.23. The Kier molecular flexibility index (Phi) is 7.69. The topological polar surface area (TPSA) is 67.8 Å². The average molecular weight is 353 g/mol. The molecule has 0 aliphatic carbocycles. The zero-order valence-electron chi connectivity index (χ0n) is 14.7. The largest absolute Gasteiger partial charge is 0.489 e. The highest BCUT2D eigenvalue weighted by molar-refractivity contribution is 5.73. The minimum atomic E-state index is -1.08. The number of rotatable bonds is 9. The van der Waals surface area contributed by atoms with E-state index in [0.29, 0.717) is 24.5 Å². The lowest BCUT2D eigenvalue weighted by Crippen LogP contribution is -2.34. The number of hydrogen-bond donors (Lipinski definition) is 2. The van der Waals surface area contributed by atoms with E-state index in [1.807, 2.05) is 36.4 Å². The summed E-state index contributed by atoms with van der Waals surface area (Å²) in [5.74, 6) is 1.65. The molecule has 2 aromatic carbocycles. The summed E-state index contributed by atoms with van der Waals surface area (Å²) < 4.78 is 10.7. The Morgan fingerprint density at radius 2 is 1.88 bits per heavy atom. The van der Waals surface area contributed by atoms with Gasteiger partial charge < -0.3 is 19.9 Å². The number of para-hydroxylation sites is 1. The molecule has 0 saturated heterocycles. The van der Waals surface area contributed by atoms with Gasteiger partial charge in [-0.15, -0.1) is 6.42 Å². The number of carbonyl (C=O) groups is 1. The van der Waals surface area contributed by atoms with E-state index in [1.54, 1.807) is 18.2 Å². The first-order valence-electron chi connectivity index (χ1n) is 8.33. The smallest absolute Gasteiger partial charge is 0.312 e. The second-order valence-corrected chi connectivity index (χ2v) is 5.72. The van der Waals surface area contributed by atoms with Crippen LogP contribution in [-0.2, 0) is 16.1 Å². The average Bonchev–Trinajstić information content (AvgIpc) is 2.69. The van der Waals surface area contributed by atoms with Crippen molar-refractivity contribution in [2.24, 2.45) is 5.92 Å². The van der Waals surface area contributed by atoms with Crippen LogP contribution in [-0.4, -0.2) is 31.3 Å². The van der Waals surface area contributed by atoms with Crippen molar-refractivity contribution in [3.05, 3.63) is 65.7 Å². The summed E-state index contributed by atoms with van der Waals surface area (Å²) in [5.41, 5.74) is 1.54. The van der Waals surface area contributed by atoms with Gasteiger partial charge in [-0.05, 0) is 11.6 Å². The van der Waals surface area contributed by atoms with Gasteiger partial charge in [0.15, 0.2) is 0 Å². The molecular formula is C21H23NO4. The van der Waals surface area contributed by atoms with E-state index < -0.39 is 18.0 Å². The van der Waals surface area contributed by atoms with E-state index in [2.05, 4.69) is 11.2 Å². The van der Waals surface area contributed by atoms with Gasteiger partial charge in [-0.3, -0.25) is 4.79 Å². The molecule has 0 aliphatic rings. The molecule has 26 heavy (non-hydrogen) atoms. The standard InChI is InChI=1S/C21H23NO4/c1-3-13-22-14-18(21(24)25-2)20(23)17-11-7-8-12-19(17)26-15-16-9-5-4-6-10-16/h1,4-12,18,20,22-23H,13-15H2,2H3. The highest BCUT2D eigenvalue weighted by Gasteiger charge is 2.30. The van der Waals surface area contributed by atoms with Crippen LogP contribution in [0.15, 0.2) is 54.6 Å². The number of methoxy groups -OCH3 is 1. The van der Waals surface area contributed by atoms with Gasteiger partial charge in [0.1, 0.15) is 12.4 Å². The van der Waals surface area contributed by atoms with Crippen LogP contribution in [0.1, 0.15) is 17.2 Å². The summed E-state index contributed by atoms with van der Waals surface area (Å²) >= 11 is 0. The predicted molar refractivity (Wildman–Crippen MR) is 99.4 cm³/mol. The van der Waals surface area contributed by atoms with Crippen molar-refractivity contribution in [1.82, 2.24) is 5.32 Å². The summed E-state index contributed by atoms with van der Waals surface area (Å²) in [7, 11) is 1.29. The van der Waals surface area contributed by atoms with Crippen LogP contribution in [0.3, 0.4) is 0 Å². The summed E-state index contributed by atoms with van der Waals surface area (Å²) in [4.78, 5) is 12.1. The number of terminal acetylenes is 1. The Bertz CT molecular complexity index is 739. The number of carbonyl (C=O) groups excluding carboxylic acids is 1. The lowest BCUT2D eigenvalue weighted by molar-refractivity contribution is -0.149. The summed E-state index contributed by atoms with van der Waals surface area (Å²) in [6.45, 7) is 0.861. The van der Waals surface area contributed by atoms with E-state index in [1.165, 1.54) is 7.11 Å². The first kappa shape index (κ1) is 19.5. The maximum Gasteiger partial charge on any atom is 0.312 e. The highest BCUT2D eigenvalue weighted by Crippen LogP contribution is 2.31. The molecule has 0 bridgehead atoms. The normalized spacial score (nSPS) is 12.7. The van der Waals surface area contributed by atoms with Crippen molar-refractivity contribution in [2.75, 3.05) is 20.2 Å². The third-order valence-electron chi connectivity index (χ3n) is 3.95. The molecule has 2 N–H and O–H groups in total. The molecule has 2 rings (SSSR count). The number of hydrogen-bond acceptors (Lipinski definition) is 5. The molecule has 2 atom stereocenters. The molecular weight excluding hydrogens is 330 g/mol. The molecule has 0 saturated carbocycles. The Morgan fingerprint density at radius 1 is 1.19 bits per heavy atom. The molecule has 5 heteroatoms. The molecule has 0 aromatic heterocycles. The van der Waals surface area contributed by atoms with Crippen LogP contribution in [0.4, 0.5) is 0 Å². The van der Waals surface area contributed by atoms with Gasteiger partial charge in [0.25, 0.3) is 0 Å². The van der Waals surface area contributed by atoms with Gasteiger partial charge in [0.2, 0.25) is 0 Å². The van der Waals surface area contributed by atoms with E-state index in [9.17, 15) is 9.90 Å². The van der Waals surface area contributed by atoms with Crippen molar-refractivity contribution in [3.63, 3.8) is 0 Å². The van der Waals surface area contributed by atoms with Gasteiger partial charge in [-0.2, -0.15) is 0 Å². The van der Waals surface area contributed by atoms with Crippen LogP contribution in [0.2, 0.25) is 0 Å². The zero-order valence-corrected chi connectivity index (χ0v) is 14.7. The van der Waals surface area contributed by atoms with Gasteiger partial charge >= 0.3 is 5.97 Å². The van der Waals surface area contributed by atoms with Crippen LogP contribution < -0.4 is 10.1 Å². The molecule has 0 aliphatic heterocycles. The third kappa shape index (κ3) is 5.35. The Hall–Kier alpha value is -2.81. The van der Waals surface area contributed by atoms with E-state index in [-0.39, 0.29) is 6.54 Å². The minimum absolute atomic E-state index is 0.199. The first-order chi connectivity index (χ1) is 12.7. The summed E-state index contributed by atoms with van der Waals surface area (Å²) in [5, 5.41) is 13.7. The molecule has 2 unspecified atom stereocenters. The van der Waals surface area contributed by atoms with E-state index in [4.69, 9.17) is 15.9 Å². The third-order valence-corrected chi connectivity index (χ3v) is 3.95. The monoisotopic (exact) mass is 353 g/mol. The van der Waals surface area contributed by atoms with Crippen LogP contribution in [0, 0.1) is 18.3 Å². The van der Waals surface area contributed by atoms with E-state index in [0.717, 1.165) is 5.56 Å². The van der Waals surface area contributed by atoms with Crippen LogP contribution in [0.25, 0.3) is 0 Å². The van der Waals surface area contributed by atoms with Crippen LogP contribution >= 0.6 is 0 Å².